The van der Waals surface area contributed by atoms with E-state index < -0.39 is 6.08 Å². The molecule has 1 aliphatic rings. The molecule has 1 saturated heterocycles. The molecule has 0 aliphatic carbocycles. The van der Waals surface area contributed by atoms with Crippen LogP contribution in [0.3, 0.4) is 0 Å². The van der Waals surface area contributed by atoms with Gasteiger partial charge in [-0.25, -0.2) is 0 Å². The lowest BCUT2D eigenvalue weighted by atomic mass is 11.0. The lowest BCUT2D eigenvalue weighted by molar-refractivity contribution is 0.422. The van der Waals surface area contributed by atoms with Gasteiger partial charge in [0.05, 0.1) is 0 Å². The van der Waals surface area contributed by atoms with E-state index in [1.54, 1.807) is 0 Å². The van der Waals surface area contributed by atoms with Crippen LogP contribution in [0.25, 0.3) is 0 Å². The average Bonchev–Trinajstić information content (AvgIpc) is 2.12. The summed E-state index contributed by atoms with van der Waals surface area (Å²) in [5.74, 6) is 1.66. The third kappa shape index (κ3) is 1.39. The molecule has 46 valence electrons. The van der Waals surface area contributed by atoms with E-state index in [0.717, 1.165) is 11.5 Å². The molecule has 0 unspecified atom stereocenters. The average molecular weight is 154 g/mol. The molecule has 0 bridgehead atoms. The SMILES string of the molecule is FC(F)=C1SCCS1. The molecular weight excluding hydrogens is 150 g/mol. The Labute approximate surface area is 54.7 Å². The van der Waals surface area contributed by atoms with E-state index in [1.165, 1.54) is 23.5 Å². The highest BCUT2D eigenvalue weighted by atomic mass is 32.2. The minimum atomic E-state index is -1.52. The van der Waals surface area contributed by atoms with E-state index in [4.69, 9.17) is 0 Å². The summed E-state index contributed by atoms with van der Waals surface area (Å²) in [6.45, 7) is 0. The molecule has 0 N–H and O–H groups in total. The highest BCUT2D eigenvalue weighted by Crippen LogP contribution is 2.39. The van der Waals surface area contributed by atoms with Crippen molar-refractivity contribution in [3.05, 3.63) is 10.3 Å². The maximum atomic E-state index is 11.6. The van der Waals surface area contributed by atoms with Crippen molar-refractivity contribution in [2.75, 3.05) is 11.5 Å². The van der Waals surface area contributed by atoms with Gasteiger partial charge in [0.1, 0.15) is 4.24 Å². The molecule has 0 atom stereocenters. The molecule has 0 radical (unpaired) electrons. The summed E-state index contributed by atoms with van der Waals surface area (Å²) in [5, 5.41) is 0. The summed E-state index contributed by atoms with van der Waals surface area (Å²) in [4.78, 5) is 0. The number of halogens is 2. The van der Waals surface area contributed by atoms with Crippen molar-refractivity contribution in [2.24, 2.45) is 0 Å². The molecule has 0 amide bonds. The molecule has 1 aliphatic heterocycles. The standard InChI is InChI=1S/C4H4F2S2/c5-3(6)4-7-1-2-8-4/h1-2H2. The summed E-state index contributed by atoms with van der Waals surface area (Å²) in [6.07, 6.45) is -1.52. The number of thioether (sulfide) groups is 2. The molecule has 0 nitrogen and oxygen atoms in total. The van der Waals surface area contributed by atoms with Crippen molar-refractivity contribution in [3.63, 3.8) is 0 Å². The summed E-state index contributed by atoms with van der Waals surface area (Å²) in [5.41, 5.74) is 0. The Morgan fingerprint density at radius 3 is 2.00 bits per heavy atom. The Bertz CT molecular complexity index is 109. The Kier molecular flexibility index (Phi) is 2.19. The van der Waals surface area contributed by atoms with Crippen molar-refractivity contribution < 1.29 is 8.78 Å². The topological polar surface area (TPSA) is 0 Å². The third-order valence-electron chi connectivity index (χ3n) is 0.704. The Hall–Kier alpha value is 0.300. The van der Waals surface area contributed by atoms with Gasteiger partial charge in [-0.05, 0) is 0 Å². The second-order valence-electron chi connectivity index (χ2n) is 1.24. The minimum absolute atomic E-state index is 0.213. The monoisotopic (exact) mass is 154 g/mol. The van der Waals surface area contributed by atoms with Gasteiger partial charge in [0.25, 0.3) is 6.08 Å². The van der Waals surface area contributed by atoms with Gasteiger partial charge < -0.3 is 0 Å². The van der Waals surface area contributed by atoms with Crippen LogP contribution in [0.5, 0.6) is 0 Å². The molecule has 4 heteroatoms. The van der Waals surface area contributed by atoms with E-state index >= 15 is 0 Å². The summed E-state index contributed by atoms with van der Waals surface area (Å²) < 4.78 is 23.4. The van der Waals surface area contributed by atoms with E-state index in [-0.39, 0.29) is 4.24 Å². The first kappa shape index (κ1) is 6.42. The number of hydrogen-bond donors (Lipinski definition) is 0. The molecule has 0 aromatic rings. The van der Waals surface area contributed by atoms with Crippen molar-refractivity contribution in [3.8, 4) is 0 Å². The normalized spacial score (nSPS) is 19.5. The van der Waals surface area contributed by atoms with Gasteiger partial charge >= 0.3 is 0 Å². The van der Waals surface area contributed by atoms with Crippen molar-refractivity contribution in [1.29, 1.82) is 0 Å². The molecule has 1 rings (SSSR count). The predicted octanol–water partition coefficient (Wildman–Crippen LogP) is 2.53. The molecule has 0 aromatic carbocycles. The van der Waals surface area contributed by atoms with Crippen LogP contribution >= 0.6 is 23.5 Å². The maximum Gasteiger partial charge on any atom is 0.290 e. The minimum Gasteiger partial charge on any atom is -0.172 e. The molecule has 0 aromatic heterocycles. The zero-order chi connectivity index (χ0) is 5.98. The predicted molar refractivity (Wildman–Crippen MR) is 34.2 cm³/mol. The zero-order valence-corrected chi connectivity index (χ0v) is 5.62. The van der Waals surface area contributed by atoms with E-state index in [9.17, 15) is 8.78 Å². The zero-order valence-electron chi connectivity index (χ0n) is 3.99. The molecule has 0 spiro atoms. The van der Waals surface area contributed by atoms with E-state index in [1.807, 2.05) is 0 Å². The quantitative estimate of drug-likeness (QED) is 0.526. The number of hydrogen-bond acceptors (Lipinski definition) is 2. The lowest BCUT2D eigenvalue weighted by Gasteiger charge is -1.85. The molecule has 1 heterocycles. The van der Waals surface area contributed by atoms with Crippen molar-refractivity contribution >= 4 is 23.5 Å². The smallest absolute Gasteiger partial charge is 0.172 e. The van der Waals surface area contributed by atoms with Crippen LogP contribution in [-0.4, -0.2) is 11.5 Å². The first-order chi connectivity index (χ1) is 3.80. The fourth-order valence-corrected chi connectivity index (χ4v) is 2.51. The van der Waals surface area contributed by atoms with Crippen LogP contribution in [0.2, 0.25) is 0 Å². The molecule has 1 fully saturated rings. The Balaban J connectivity index is 2.58. The molecule has 8 heavy (non-hydrogen) atoms. The third-order valence-corrected chi connectivity index (χ3v) is 3.32. The second-order valence-corrected chi connectivity index (χ2v) is 3.71. The first-order valence-corrected chi connectivity index (χ1v) is 4.08. The van der Waals surface area contributed by atoms with Gasteiger partial charge in [-0.2, -0.15) is 8.78 Å². The van der Waals surface area contributed by atoms with Gasteiger partial charge in [0.15, 0.2) is 0 Å². The highest BCUT2D eigenvalue weighted by molar-refractivity contribution is 8.25. The van der Waals surface area contributed by atoms with E-state index in [0.29, 0.717) is 0 Å². The van der Waals surface area contributed by atoms with Crippen LogP contribution in [0.4, 0.5) is 8.78 Å². The van der Waals surface area contributed by atoms with Gasteiger partial charge in [-0.1, -0.05) is 0 Å². The molecular formula is C4H4F2S2. The van der Waals surface area contributed by atoms with Crippen LogP contribution in [-0.2, 0) is 0 Å². The van der Waals surface area contributed by atoms with Crippen LogP contribution in [0.1, 0.15) is 0 Å². The Morgan fingerprint density at radius 2 is 1.75 bits per heavy atom. The summed E-state index contributed by atoms with van der Waals surface area (Å²) >= 11 is 2.49. The van der Waals surface area contributed by atoms with Crippen LogP contribution in [0.15, 0.2) is 10.3 Å². The summed E-state index contributed by atoms with van der Waals surface area (Å²) in [6, 6.07) is 0. The van der Waals surface area contributed by atoms with Crippen molar-refractivity contribution in [2.45, 2.75) is 0 Å². The number of rotatable bonds is 0. The van der Waals surface area contributed by atoms with Crippen molar-refractivity contribution in [1.82, 2.24) is 0 Å². The maximum absolute atomic E-state index is 11.6. The van der Waals surface area contributed by atoms with Gasteiger partial charge in [-0.3, -0.25) is 0 Å². The summed E-state index contributed by atoms with van der Waals surface area (Å²) in [7, 11) is 0. The largest absolute Gasteiger partial charge is 0.290 e. The van der Waals surface area contributed by atoms with Crippen LogP contribution in [0, 0.1) is 0 Å². The lowest BCUT2D eigenvalue weighted by Crippen LogP contribution is -1.64. The second kappa shape index (κ2) is 2.73. The van der Waals surface area contributed by atoms with Gasteiger partial charge in [-0.15, -0.1) is 23.5 Å². The van der Waals surface area contributed by atoms with Gasteiger partial charge in [0.2, 0.25) is 0 Å². The molecule has 0 saturated carbocycles. The fraction of sp³-hybridized carbons (Fsp3) is 0.500. The first-order valence-electron chi connectivity index (χ1n) is 2.11. The fourth-order valence-electron chi connectivity index (χ4n) is 0.420. The van der Waals surface area contributed by atoms with E-state index in [2.05, 4.69) is 0 Å². The Morgan fingerprint density at radius 1 is 1.25 bits per heavy atom. The highest BCUT2D eigenvalue weighted by Gasteiger charge is 2.13. The van der Waals surface area contributed by atoms with Crippen LogP contribution < -0.4 is 0 Å². The van der Waals surface area contributed by atoms with Gasteiger partial charge in [0, 0.05) is 11.5 Å².